The van der Waals surface area contributed by atoms with Crippen LogP contribution in [0.4, 0.5) is 5.69 Å². The zero-order valence-electron chi connectivity index (χ0n) is 15.1. The molecule has 5 heteroatoms. The smallest absolute Gasteiger partial charge is 0.306 e. The maximum atomic E-state index is 11.1. The monoisotopic (exact) mass is 332 g/mol. The van der Waals surface area contributed by atoms with Crippen LogP contribution >= 0.6 is 0 Å². The minimum absolute atomic E-state index is 0.192. The molecule has 1 fully saturated rings. The number of nitrogens with two attached hydrogens (primary N) is 1. The fraction of sp³-hybridized carbons (Fsp3) is 0.632. The molecular weight excluding hydrogens is 304 g/mol. The summed E-state index contributed by atoms with van der Waals surface area (Å²) in [5.41, 5.74) is 11.5. The van der Waals surface area contributed by atoms with E-state index in [2.05, 4.69) is 25.7 Å². The maximum Gasteiger partial charge on any atom is 0.306 e. The molecule has 5 nitrogen and oxygen atoms in total. The summed E-state index contributed by atoms with van der Waals surface area (Å²) in [4.78, 5) is 13.4. The van der Waals surface area contributed by atoms with Crippen LogP contribution in [0.1, 0.15) is 42.0 Å². The number of fused-ring (bicyclic) bond motifs is 1. The molecule has 132 valence electrons. The first kappa shape index (κ1) is 17.1. The van der Waals surface area contributed by atoms with Crippen LogP contribution in [0.25, 0.3) is 0 Å². The third-order valence-corrected chi connectivity index (χ3v) is 5.83. The Bertz CT molecular complexity index is 639. The van der Waals surface area contributed by atoms with Crippen molar-refractivity contribution in [3.8, 4) is 5.75 Å². The number of nitrogen functional groups attached to an aromatic ring is 1. The highest BCUT2D eigenvalue weighted by Gasteiger charge is 2.40. The van der Waals surface area contributed by atoms with E-state index in [0.29, 0.717) is 0 Å². The van der Waals surface area contributed by atoms with Crippen LogP contribution in [0, 0.1) is 26.7 Å². The third kappa shape index (κ3) is 2.86. The first-order valence-electron chi connectivity index (χ1n) is 8.74. The van der Waals surface area contributed by atoms with Crippen molar-refractivity contribution in [1.29, 1.82) is 0 Å². The molecule has 1 atom stereocenters. The molecule has 0 saturated carbocycles. The van der Waals surface area contributed by atoms with Gasteiger partial charge in [-0.15, -0.1) is 0 Å². The molecule has 1 aromatic rings. The van der Waals surface area contributed by atoms with Crippen LogP contribution in [0.5, 0.6) is 5.75 Å². The Morgan fingerprint density at radius 2 is 1.88 bits per heavy atom. The van der Waals surface area contributed by atoms with Crippen molar-refractivity contribution in [2.45, 2.75) is 52.6 Å². The second-order valence-electron chi connectivity index (χ2n) is 7.71. The summed E-state index contributed by atoms with van der Waals surface area (Å²) in [6, 6.07) is 0. The molecule has 24 heavy (non-hydrogen) atoms. The van der Waals surface area contributed by atoms with Crippen LogP contribution in [-0.4, -0.2) is 41.2 Å². The van der Waals surface area contributed by atoms with Crippen LogP contribution in [0.2, 0.25) is 0 Å². The topological polar surface area (TPSA) is 75.8 Å². The van der Waals surface area contributed by atoms with Crippen molar-refractivity contribution < 1.29 is 14.6 Å². The zero-order valence-corrected chi connectivity index (χ0v) is 15.1. The van der Waals surface area contributed by atoms with Crippen LogP contribution < -0.4 is 10.5 Å². The number of benzene rings is 1. The van der Waals surface area contributed by atoms with E-state index in [-0.39, 0.29) is 11.5 Å². The van der Waals surface area contributed by atoms with Crippen molar-refractivity contribution in [3.63, 3.8) is 0 Å². The van der Waals surface area contributed by atoms with Gasteiger partial charge in [0.15, 0.2) is 0 Å². The number of aliphatic carboxylic acids is 1. The van der Waals surface area contributed by atoms with Gasteiger partial charge in [0.1, 0.15) is 11.4 Å². The number of carbonyl (C=O) groups is 1. The Balaban J connectivity index is 1.74. The van der Waals surface area contributed by atoms with Gasteiger partial charge in [0.25, 0.3) is 0 Å². The van der Waals surface area contributed by atoms with Crippen molar-refractivity contribution >= 4 is 11.7 Å². The number of rotatable bonds is 3. The number of hydrogen-bond acceptors (Lipinski definition) is 4. The van der Waals surface area contributed by atoms with Crippen molar-refractivity contribution in [3.05, 3.63) is 22.3 Å². The maximum absolute atomic E-state index is 11.1. The summed E-state index contributed by atoms with van der Waals surface area (Å²) in [6.07, 6.45) is 2.31. The second-order valence-corrected chi connectivity index (χ2v) is 7.71. The number of nitrogens with zero attached hydrogens (tertiary/aromatic N) is 1. The van der Waals surface area contributed by atoms with Gasteiger partial charge in [0.05, 0.1) is 5.92 Å². The molecule has 0 aromatic heterocycles. The van der Waals surface area contributed by atoms with Crippen LogP contribution in [0.3, 0.4) is 0 Å². The summed E-state index contributed by atoms with van der Waals surface area (Å²) in [5.74, 6) is 0.146. The third-order valence-electron chi connectivity index (χ3n) is 5.83. The van der Waals surface area contributed by atoms with Gasteiger partial charge in [0.2, 0.25) is 0 Å². The lowest BCUT2D eigenvalue weighted by Crippen LogP contribution is -2.47. The second kappa shape index (κ2) is 5.96. The molecule has 2 aliphatic heterocycles. The number of carboxylic acid groups (broad SMARTS) is 1. The molecule has 1 unspecified atom stereocenters. The number of hydrogen-bond donors (Lipinski definition) is 2. The number of anilines is 1. The van der Waals surface area contributed by atoms with Crippen molar-refractivity contribution in [1.82, 2.24) is 4.90 Å². The first-order chi connectivity index (χ1) is 11.2. The number of ether oxygens (including phenoxy) is 1. The number of likely N-dealkylation sites (tertiary alicyclic amines) is 1. The lowest BCUT2D eigenvalue weighted by molar-refractivity contribution is -0.143. The fourth-order valence-electron chi connectivity index (χ4n) is 4.12. The van der Waals surface area contributed by atoms with Crippen molar-refractivity contribution in [2.75, 3.05) is 25.4 Å². The van der Waals surface area contributed by atoms with E-state index in [1.165, 1.54) is 5.56 Å². The highest BCUT2D eigenvalue weighted by atomic mass is 16.5. The van der Waals surface area contributed by atoms with Crippen LogP contribution in [-0.2, 0) is 11.2 Å². The molecule has 0 amide bonds. The molecular formula is C19H28N2O3. The molecule has 1 aromatic carbocycles. The van der Waals surface area contributed by atoms with Gasteiger partial charge in [-0.25, -0.2) is 0 Å². The van der Waals surface area contributed by atoms with E-state index in [4.69, 9.17) is 15.6 Å². The minimum atomic E-state index is -0.664. The lowest BCUT2D eigenvalue weighted by Gasteiger charge is -2.36. The predicted molar refractivity (Wildman–Crippen MR) is 94.6 cm³/mol. The summed E-state index contributed by atoms with van der Waals surface area (Å²) >= 11 is 0. The van der Waals surface area contributed by atoms with E-state index in [0.717, 1.165) is 67.0 Å². The van der Waals surface area contributed by atoms with Gasteiger partial charge < -0.3 is 15.6 Å². The molecule has 2 heterocycles. The molecule has 3 rings (SSSR count). The zero-order chi connectivity index (χ0) is 17.6. The Kier molecular flexibility index (Phi) is 4.24. The summed E-state index contributed by atoms with van der Waals surface area (Å²) in [5, 5.41) is 9.14. The van der Waals surface area contributed by atoms with E-state index in [9.17, 15) is 4.79 Å². The quantitative estimate of drug-likeness (QED) is 0.832. The van der Waals surface area contributed by atoms with Gasteiger partial charge in [-0.2, -0.15) is 0 Å². The Morgan fingerprint density at radius 1 is 1.25 bits per heavy atom. The van der Waals surface area contributed by atoms with E-state index < -0.39 is 5.97 Å². The average molecular weight is 332 g/mol. The number of carboxylic acids is 1. The highest BCUT2D eigenvalue weighted by Crippen LogP contribution is 2.44. The normalized spacial score (nSPS) is 24.7. The Hall–Kier alpha value is -1.75. The van der Waals surface area contributed by atoms with Gasteiger partial charge in [-0.05, 0) is 70.3 Å². The summed E-state index contributed by atoms with van der Waals surface area (Å²) in [6.45, 7) is 10.8. The van der Waals surface area contributed by atoms with E-state index >= 15 is 0 Å². The van der Waals surface area contributed by atoms with Gasteiger partial charge >= 0.3 is 5.97 Å². The fourth-order valence-corrected chi connectivity index (χ4v) is 4.12. The molecule has 3 N–H and O–H groups in total. The molecule has 0 radical (unpaired) electrons. The van der Waals surface area contributed by atoms with Gasteiger partial charge in [0, 0.05) is 24.2 Å². The first-order valence-corrected chi connectivity index (χ1v) is 8.74. The number of piperidine rings is 1. The van der Waals surface area contributed by atoms with E-state index in [1.807, 2.05) is 6.92 Å². The van der Waals surface area contributed by atoms with Crippen molar-refractivity contribution in [2.24, 2.45) is 5.92 Å². The largest absolute Gasteiger partial charge is 0.485 e. The summed E-state index contributed by atoms with van der Waals surface area (Å²) < 4.78 is 6.41. The van der Waals surface area contributed by atoms with Gasteiger partial charge in [-0.1, -0.05) is 0 Å². The molecule has 0 spiro atoms. The average Bonchev–Trinajstić information content (AvgIpc) is 2.89. The summed E-state index contributed by atoms with van der Waals surface area (Å²) in [7, 11) is 0. The van der Waals surface area contributed by atoms with Crippen LogP contribution in [0.15, 0.2) is 0 Å². The standard InChI is InChI=1S/C19H28N2O3/c1-11-12(2)17-15(13(3)16(11)20)9-19(4,24-17)10-21-7-5-14(6-8-21)18(22)23/h14H,5-10,20H2,1-4H3,(H,22,23). The van der Waals surface area contributed by atoms with E-state index in [1.54, 1.807) is 0 Å². The van der Waals surface area contributed by atoms with Gasteiger partial charge in [-0.3, -0.25) is 9.69 Å². The molecule has 0 bridgehead atoms. The highest BCUT2D eigenvalue weighted by molar-refractivity contribution is 5.70. The molecule has 0 aliphatic carbocycles. The minimum Gasteiger partial charge on any atom is -0.485 e. The Morgan fingerprint density at radius 3 is 2.46 bits per heavy atom. The lowest BCUT2D eigenvalue weighted by atomic mass is 9.90. The molecule has 1 saturated heterocycles. The molecule has 2 aliphatic rings. The Labute approximate surface area is 143 Å². The predicted octanol–water partition coefficient (Wildman–Crippen LogP) is 2.68. The SMILES string of the molecule is Cc1c(C)c2c(c(C)c1N)CC(C)(CN1CCC(C(=O)O)CC1)O2.